The molecule has 0 saturated carbocycles. The number of nitrogens with zero attached hydrogens (tertiary/aromatic N) is 1. The Balaban J connectivity index is 0.000000181. The highest BCUT2D eigenvalue weighted by Gasteiger charge is 2.15. The number of anilines is 1. The first-order valence-corrected chi connectivity index (χ1v) is 5.35. The predicted molar refractivity (Wildman–Crippen MR) is 64.3 cm³/mol. The minimum atomic E-state index is 0.453. The molecule has 90 valence electrons. The lowest BCUT2D eigenvalue weighted by Gasteiger charge is -2.19. The number of hydrogen-bond donors (Lipinski definition) is 2. The summed E-state index contributed by atoms with van der Waals surface area (Å²) < 4.78 is 10.6. The molecule has 1 aromatic carbocycles. The van der Waals surface area contributed by atoms with Gasteiger partial charge in [0.15, 0.2) is 11.5 Å². The van der Waals surface area contributed by atoms with Crippen molar-refractivity contribution in [2.24, 2.45) is 0 Å². The molecule has 0 amide bonds. The lowest BCUT2D eigenvalue weighted by atomic mass is 10.2. The third kappa shape index (κ3) is 2.82. The molecule has 0 radical (unpaired) electrons. The second-order valence-corrected chi connectivity index (χ2v) is 3.59. The van der Waals surface area contributed by atoms with Crippen LogP contribution in [0.3, 0.4) is 0 Å². The van der Waals surface area contributed by atoms with E-state index in [1.54, 1.807) is 24.7 Å². The van der Waals surface area contributed by atoms with Crippen molar-refractivity contribution >= 4 is 17.3 Å². The first kappa shape index (κ1) is 11.6. The summed E-state index contributed by atoms with van der Waals surface area (Å²) in [7, 11) is 0. The summed E-state index contributed by atoms with van der Waals surface area (Å²) in [6, 6.07) is 3.46. The molecule has 1 aromatic heterocycles. The molecule has 3 rings (SSSR count). The summed E-state index contributed by atoms with van der Waals surface area (Å²) in [5.41, 5.74) is 6.12. The van der Waals surface area contributed by atoms with Crippen molar-refractivity contribution < 1.29 is 9.47 Å². The maximum atomic E-state index is 5.79. The van der Waals surface area contributed by atoms with Crippen molar-refractivity contribution in [2.75, 3.05) is 18.9 Å². The topological polar surface area (TPSA) is 73.2 Å². The Morgan fingerprint density at radius 1 is 1.35 bits per heavy atom. The van der Waals surface area contributed by atoms with Gasteiger partial charge in [-0.1, -0.05) is 24.1 Å². The van der Waals surface area contributed by atoms with Gasteiger partial charge in [-0.05, 0) is 12.1 Å². The van der Waals surface area contributed by atoms with Crippen LogP contribution in [-0.4, -0.2) is 23.2 Å². The minimum Gasteiger partial charge on any atom is -0.486 e. The SMILES string of the molecule is Nc1c(Cl)ccc2c1OCCO2.[c-]1c[nH]cn1. The van der Waals surface area contributed by atoms with Crippen LogP contribution in [0.2, 0.25) is 5.02 Å². The monoisotopic (exact) mass is 252 g/mol. The number of imidazole rings is 1. The van der Waals surface area contributed by atoms with E-state index in [9.17, 15) is 0 Å². The van der Waals surface area contributed by atoms with Crippen molar-refractivity contribution in [1.29, 1.82) is 0 Å². The number of nitrogens with one attached hydrogen (secondary N) is 1. The van der Waals surface area contributed by atoms with E-state index in [4.69, 9.17) is 26.8 Å². The molecule has 1 aliphatic heterocycles. The highest BCUT2D eigenvalue weighted by molar-refractivity contribution is 6.33. The Hall–Kier alpha value is -1.88. The third-order valence-electron chi connectivity index (χ3n) is 2.06. The number of nitrogen functional groups attached to an aromatic ring is 1. The van der Waals surface area contributed by atoms with Gasteiger partial charge in [-0.25, -0.2) is 0 Å². The fourth-order valence-electron chi connectivity index (χ4n) is 1.30. The summed E-state index contributed by atoms with van der Waals surface area (Å²) in [6.07, 6.45) is 5.76. The van der Waals surface area contributed by atoms with Gasteiger partial charge in [0, 0.05) is 0 Å². The molecule has 0 fully saturated rings. The van der Waals surface area contributed by atoms with Gasteiger partial charge >= 0.3 is 0 Å². The summed E-state index contributed by atoms with van der Waals surface area (Å²) in [4.78, 5) is 6.24. The number of aromatic amines is 1. The highest BCUT2D eigenvalue weighted by atomic mass is 35.5. The molecule has 0 saturated heterocycles. The zero-order valence-electron chi connectivity index (χ0n) is 8.94. The Morgan fingerprint density at radius 2 is 2.18 bits per heavy atom. The number of hydrogen-bond acceptors (Lipinski definition) is 4. The van der Waals surface area contributed by atoms with E-state index in [2.05, 4.69) is 16.2 Å². The number of H-pyrrole nitrogens is 1. The molecule has 2 aromatic rings. The molecular weight excluding hydrogens is 242 g/mol. The number of ether oxygens (including phenoxy) is 2. The molecule has 0 atom stereocenters. The first-order chi connectivity index (χ1) is 8.29. The van der Waals surface area contributed by atoms with Crippen molar-refractivity contribution in [3.8, 4) is 11.5 Å². The zero-order valence-corrected chi connectivity index (χ0v) is 9.70. The van der Waals surface area contributed by atoms with Gasteiger partial charge in [-0.2, -0.15) is 0 Å². The van der Waals surface area contributed by atoms with Gasteiger partial charge in [-0.15, -0.1) is 6.20 Å². The maximum Gasteiger partial charge on any atom is 0.185 e. The number of aromatic nitrogens is 2. The Bertz CT molecular complexity index is 457. The smallest absolute Gasteiger partial charge is 0.185 e. The van der Waals surface area contributed by atoms with E-state index in [1.807, 2.05) is 0 Å². The van der Waals surface area contributed by atoms with E-state index in [-0.39, 0.29) is 0 Å². The van der Waals surface area contributed by atoms with Gasteiger partial charge < -0.3 is 25.2 Å². The van der Waals surface area contributed by atoms with Crippen LogP contribution in [0, 0.1) is 6.20 Å². The average molecular weight is 253 g/mol. The lowest BCUT2D eigenvalue weighted by molar-refractivity contribution is 0.172. The summed E-state index contributed by atoms with van der Waals surface area (Å²) in [5.74, 6) is 1.23. The molecule has 5 nitrogen and oxygen atoms in total. The Morgan fingerprint density at radius 3 is 2.82 bits per heavy atom. The zero-order chi connectivity index (χ0) is 12.1. The molecule has 17 heavy (non-hydrogen) atoms. The molecule has 0 unspecified atom stereocenters. The molecule has 0 bridgehead atoms. The second kappa shape index (κ2) is 5.45. The molecule has 0 aliphatic carbocycles. The number of fused-ring (bicyclic) bond motifs is 1. The summed E-state index contributed by atoms with van der Waals surface area (Å²) in [5, 5.41) is 0.499. The van der Waals surface area contributed by atoms with Crippen LogP contribution in [0.5, 0.6) is 11.5 Å². The van der Waals surface area contributed by atoms with Crippen LogP contribution in [0.25, 0.3) is 0 Å². The summed E-state index contributed by atoms with van der Waals surface area (Å²) in [6.45, 7) is 1.09. The largest absolute Gasteiger partial charge is 0.486 e. The van der Waals surface area contributed by atoms with Crippen LogP contribution < -0.4 is 15.2 Å². The predicted octanol–water partition coefficient (Wildman–Crippen LogP) is 1.90. The third-order valence-corrected chi connectivity index (χ3v) is 2.39. The number of benzene rings is 1. The fraction of sp³-hybridized carbons (Fsp3) is 0.182. The quantitative estimate of drug-likeness (QED) is 0.555. The molecule has 3 N–H and O–H groups in total. The van der Waals surface area contributed by atoms with Crippen molar-refractivity contribution in [2.45, 2.75) is 0 Å². The van der Waals surface area contributed by atoms with Crippen LogP contribution in [0.1, 0.15) is 0 Å². The van der Waals surface area contributed by atoms with E-state index >= 15 is 0 Å². The summed E-state index contributed by atoms with van der Waals surface area (Å²) >= 11 is 5.79. The van der Waals surface area contributed by atoms with Gasteiger partial charge in [0.1, 0.15) is 13.2 Å². The molecular formula is C11H11ClN3O2-. The normalized spacial score (nSPS) is 12.5. The van der Waals surface area contributed by atoms with Gasteiger partial charge in [-0.3, -0.25) is 0 Å². The average Bonchev–Trinajstić information content (AvgIpc) is 2.93. The van der Waals surface area contributed by atoms with E-state index in [1.165, 1.54) is 0 Å². The van der Waals surface area contributed by atoms with Crippen LogP contribution in [0.4, 0.5) is 5.69 Å². The van der Waals surface area contributed by atoms with E-state index in [0.717, 1.165) is 0 Å². The standard InChI is InChI=1S/C8H8ClNO2.C3H3N2/c9-5-1-2-6-8(7(5)10)12-4-3-11-6;1-2-5-3-4-1/h1-2H,3-4,10H2;1,3H,(H,4,5)/q;-1. The van der Waals surface area contributed by atoms with E-state index < -0.39 is 0 Å². The van der Waals surface area contributed by atoms with Gasteiger partial charge in [0.05, 0.1) is 10.7 Å². The fourth-order valence-corrected chi connectivity index (χ4v) is 1.45. The molecule has 2 heterocycles. The minimum absolute atomic E-state index is 0.453. The first-order valence-electron chi connectivity index (χ1n) is 4.97. The maximum absolute atomic E-state index is 5.79. The number of rotatable bonds is 0. The van der Waals surface area contributed by atoms with Crippen LogP contribution in [0.15, 0.2) is 24.7 Å². The Kier molecular flexibility index (Phi) is 3.72. The van der Waals surface area contributed by atoms with Crippen LogP contribution in [-0.2, 0) is 0 Å². The number of nitrogens with two attached hydrogens (primary N) is 1. The molecule has 0 spiro atoms. The molecule has 6 heteroatoms. The lowest BCUT2D eigenvalue weighted by Crippen LogP contribution is -2.16. The van der Waals surface area contributed by atoms with Crippen molar-refractivity contribution in [3.63, 3.8) is 0 Å². The van der Waals surface area contributed by atoms with Crippen molar-refractivity contribution in [1.82, 2.24) is 9.97 Å². The highest BCUT2D eigenvalue weighted by Crippen LogP contribution is 2.39. The van der Waals surface area contributed by atoms with E-state index in [0.29, 0.717) is 35.4 Å². The molecule has 1 aliphatic rings. The Labute approximate surface area is 104 Å². The second-order valence-electron chi connectivity index (χ2n) is 3.18. The van der Waals surface area contributed by atoms with Crippen molar-refractivity contribution in [3.05, 3.63) is 35.9 Å². The van der Waals surface area contributed by atoms with Gasteiger partial charge in [0.25, 0.3) is 0 Å². The van der Waals surface area contributed by atoms with Gasteiger partial charge in [0.2, 0.25) is 0 Å². The van der Waals surface area contributed by atoms with Crippen LogP contribution >= 0.6 is 11.6 Å². The number of halogens is 1.